The van der Waals surface area contributed by atoms with Crippen LogP contribution in [0.25, 0.3) is 0 Å². The van der Waals surface area contributed by atoms with Crippen LogP contribution in [0.3, 0.4) is 0 Å². The van der Waals surface area contributed by atoms with Crippen molar-refractivity contribution in [2.45, 2.75) is 44.9 Å². The molecule has 1 aliphatic heterocycles. The third-order valence-electron chi connectivity index (χ3n) is 5.58. The molecule has 1 amide bonds. The van der Waals surface area contributed by atoms with Crippen LogP contribution in [-0.4, -0.2) is 30.4 Å². The number of rotatable bonds is 4. The van der Waals surface area contributed by atoms with Crippen LogP contribution >= 0.6 is 0 Å². The van der Waals surface area contributed by atoms with Gasteiger partial charge in [0.25, 0.3) is 5.91 Å². The number of amides is 1. The molecule has 2 fully saturated rings. The summed E-state index contributed by atoms with van der Waals surface area (Å²) < 4.78 is 0. The van der Waals surface area contributed by atoms with Crippen molar-refractivity contribution < 1.29 is 4.79 Å². The number of benzene rings is 1. The number of likely N-dealkylation sites (tertiary alicyclic amines) is 1. The van der Waals surface area contributed by atoms with Gasteiger partial charge in [0.1, 0.15) is 0 Å². The molecule has 1 saturated heterocycles. The average molecular weight is 300 g/mol. The normalized spacial score (nSPS) is 25.8. The van der Waals surface area contributed by atoms with Gasteiger partial charge in [-0.15, -0.1) is 0 Å². The summed E-state index contributed by atoms with van der Waals surface area (Å²) in [7, 11) is 0. The SMILES string of the molecule is C[C@@H]1CN(C(=O)c2ccc(C3CCCC3)cc2)C[C@H]1CCN. The Labute approximate surface area is 133 Å². The Morgan fingerprint density at radius 1 is 1.18 bits per heavy atom. The Kier molecular flexibility index (Phi) is 4.82. The van der Waals surface area contributed by atoms with Gasteiger partial charge < -0.3 is 10.6 Å². The summed E-state index contributed by atoms with van der Waals surface area (Å²) in [6.07, 6.45) is 6.32. The molecule has 2 N–H and O–H groups in total. The van der Waals surface area contributed by atoms with Gasteiger partial charge in [0, 0.05) is 18.7 Å². The summed E-state index contributed by atoms with van der Waals surface area (Å²) in [5.74, 6) is 2.02. The Morgan fingerprint density at radius 2 is 1.86 bits per heavy atom. The van der Waals surface area contributed by atoms with E-state index >= 15 is 0 Å². The van der Waals surface area contributed by atoms with E-state index in [-0.39, 0.29) is 5.91 Å². The molecule has 1 saturated carbocycles. The number of carbonyl (C=O) groups excluding carboxylic acids is 1. The maximum atomic E-state index is 12.7. The maximum Gasteiger partial charge on any atom is 0.253 e. The molecule has 0 bridgehead atoms. The Bertz CT molecular complexity index is 505. The molecule has 1 aromatic rings. The van der Waals surface area contributed by atoms with Gasteiger partial charge in [-0.05, 0) is 61.3 Å². The summed E-state index contributed by atoms with van der Waals surface area (Å²) in [6.45, 7) is 4.68. The second-order valence-corrected chi connectivity index (χ2v) is 7.13. The summed E-state index contributed by atoms with van der Waals surface area (Å²) in [5, 5.41) is 0. The van der Waals surface area contributed by atoms with Crippen LogP contribution in [-0.2, 0) is 0 Å². The van der Waals surface area contributed by atoms with Crippen LogP contribution in [0, 0.1) is 11.8 Å². The predicted octanol–water partition coefficient (Wildman–Crippen LogP) is 3.40. The average Bonchev–Trinajstić information content (AvgIpc) is 3.18. The molecule has 0 radical (unpaired) electrons. The summed E-state index contributed by atoms with van der Waals surface area (Å²) in [5.41, 5.74) is 7.92. The number of nitrogens with zero attached hydrogens (tertiary/aromatic N) is 1. The van der Waals surface area contributed by atoms with Gasteiger partial charge >= 0.3 is 0 Å². The summed E-state index contributed by atoms with van der Waals surface area (Å²) >= 11 is 0. The highest BCUT2D eigenvalue weighted by Crippen LogP contribution is 2.34. The fourth-order valence-electron chi connectivity index (χ4n) is 4.13. The van der Waals surface area contributed by atoms with Gasteiger partial charge in [-0.25, -0.2) is 0 Å². The topological polar surface area (TPSA) is 46.3 Å². The predicted molar refractivity (Wildman–Crippen MR) is 89.9 cm³/mol. The van der Waals surface area contributed by atoms with Crippen LogP contribution in [0.1, 0.15) is 60.9 Å². The molecule has 0 aromatic heterocycles. The van der Waals surface area contributed by atoms with Crippen molar-refractivity contribution in [3.8, 4) is 0 Å². The third kappa shape index (κ3) is 3.19. The first-order chi connectivity index (χ1) is 10.7. The standard InChI is InChI=1S/C19H28N2O/c1-14-12-21(13-18(14)10-11-20)19(22)17-8-6-16(7-9-17)15-4-2-3-5-15/h6-9,14-15,18H,2-5,10-13,20H2,1H3/t14-,18-/m1/s1. The second-order valence-electron chi connectivity index (χ2n) is 7.13. The molecule has 0 unspecified atom stereocenters. The van der Waals surface area contributed by atoms with Gasteiger partial charge in [-0.3, -0.25) is 4.79 Å². The molecule has 2 atom stereocenters. The number of hydrogen-bond acceptors (Lipinski definition) is 2. The first-order valence-corrected chi connectivity index (χ1v) is 8.78. The lowest BCUT2D eigenvalue weighted by atomic mass is 9.95. The Balaban J connectivity index is 1.65. The molecule has 2 aliphatic rings. The zero-order valence-corrected chi connectivity index (χ0v) is 13.6. The fourth-order valence-corrected chi connectivity index (χ4v) is 4.13. The largest absolute Gasteiger partial charge is 0.338 e. The lowest BCUT2D eigenvalue weighted by Gasteiger charge is -2.17. The van der Waals surface area contributed by atoms with Crippen LogP contribution < -0.4 is 5.73 Å². The maximum absolute atomic E-state index is 12.7. The molecule has 1 aliphatic carbocycles. The monoisotopic (exact) mass is 300 g/mol. The van der Waals surface area contributed by atoms with Crippen molar-refractivity contribution in [3.05, 3.63) is 35.4 Å². The Hall–Kier alpha value is -1.35. The molecule has 0 spiro atoms. The first-order valence-electron chi connectivity index (χ1n) is 8.78. The van der Waals surface area contributed by atoms with Crippen molar-refractivity contribution in [3.63, 3.8) is 0 Å². The quantitative estimate of drug-likeness (QED) is 0.926. The van der Waals surface area contributed by atoms with E-state index in [1.807, 2.05) is 17.0 Å². The van der Waals surface area contributed by atoms with Gasteiger partial charge in [-0.2, -0.15) is 0 Å². The molecular weight excluding hydrogens is 272 g/mol. The second kappa shape index (κ2) is 6.82. The molecule has 22 heavy (non-hydrogen) atoms. The molecule has 1 aromatic carbocycles. The zero-order valence-electron chi connectivity index (χ0n) is 13.6. The minimum absolute atomic E-state index is 0.185. The highest BCUT2D eigenvalue weighted by molar-refractivity contribution is 5.94. The van der Waals surface area contributed by atoms with E-state index in [0.717, 1.165) is 25.1 Å². The zero-order chi connectivity index (χ0) is 15.5. The van der Waals surface area contributed by atoms with E-state index in [4.69, 9.17) is 5.73 Å². The van der Waals surface area contributed by atoms with Gasteiger partial charge in [0.15, 0.2) is 0 Å². The molecule has 1 heterocycles. The van der Waals surface area contributed by atoms with Crippen LogP contribution in [0.15, 0.2) is 24.3 Å². The first kappa shape index (κ1) is 15.5. The van der Waals surface area contributed by atoms with E-state index in [2.05, 4.69) is 19.1 Å². The van der Waals surface area contributed by atoms with E-state index in [9.17, 15) is 4.79 Å². The van der Waals surface area contributed by atoms with Gasteiger partial charge in [0.05, 0.1) is 0 Å². The van der Waals surface area contributed by atoms with E-state index < -0.39 is 0 Å². The summed E-state index contributed by atoms with van der Waals surface area (Å²) in [6, 6.07) is 8.38. The van der Waals surface area contributed by atoms with Crippen LogP contribution in [0.4, 0.5) is 0 Å². The fraction of sp³-hybridized carbons (Fsp3) is 0.632. The summed E-state index contributed by atoms with van der Waals surface area (Å²) in [4.78, 5) is 14.7. The van der Waals surface area contributed by atoms with Crippen molar-refractivity contribution in [1.29, 1.82) is 0 Å². The van der Waals surface area contributed by atoms with E-state index in [1.54, 1.807) is 0 Å². The lowest BCUT2D eigenvalue weighted by Crippen LogP contribution is -2.29. The number of hydrogen-bond donors (Lipinski definition) is 1. The highest BCUT2D eigenvalue weighted by atomic mass is 16.2. The van der Waals surface area contributed by atoms with E-state index in [1.165, 1.54) is 31.2 Å². The minimum Gasteiger partial charge on any atom is -0.338 e. The van der Waals surface area contributed by atoms with Crippen molar-refractivity contribution >= 4 is 5.91 Å². The molecule has 3 nitrogen and oxygen atoms in total. The van der Waals surface area contributed by atoms with Crippen molar-refractivity contribution in [2.75, 3.05) is 19.6 Å². The van der Waals surface area contributed by atoms with Gasteiger partial charge in [0.2, 0.25) is 0 Å². The van der Waals surface area contributed by atoms with Crippen molar-refractivity contribution in [2.24, 2.45) is 17.6 Å². The van der Waals surface area contributed by atoms with Gasteiger partial charge in [-0.1, -0.05) is 31.9 Å². The molecule has 3 heteroatoms. The van der Waals surface area contributed by atoms with Crippen molar-refractivity contribution in [1.82, 2.24) is 4.90 Å². The lowest BCUT2D eigenvalue weighted by molar-refractivity contribution is 0.0784. The minimum atomic E-state index is 0.185. The molecular formula is C19H28N2O. The number of nitrogens with two attached hydrogens (primary N) is 1. The molecule has 120 valence electrons. The smallest absolute Gasteiger partial charge is 0.253 e. The molecule has 3 rings (SSSR count). The van der Waals surface area contributed by atoms with Crippen LogP contribution in [0.5, 0.6) is 0 Å². The highest BCUT2D eigenvalue weighted by Gasteiger charge is 2.32. The Morgan fingerprint density at radius 3 is 2.50 bits per heavy atom. The van der Waals surface area contributed by atoms with E-state index in [0.29, 0.717) is 24.3 Å². The third-order valence-corrected chi connectivity index (χ3v) is 5.58. The van der Waals surface area contributed by atoms with Crippen LogP contribution in [0.2, 0.25) is 0 Å². The number of carbonyl (C=O) groups is 1.